The Hall–Kier alpha value is -1.79. The summed E-state index contributed by atoms with van der Waals surface area (Å²) in [5.41, 5.74) is 2.32. The van der Waals surface area contributed by atoms with Gasteiger partial charge in [-0.25, -0.2) is 0 Å². The lowest BCUT2D eigenvalue weighted by atomic mass is 10.2. The quantitative estimate of drug-likeness (QED) is 0.569. The van der Waals surface area contributed by atoms with Crippen LogP contribution in [0, 0.1) is 0 Å². The molecule has 6 heteroatoms. The van der Waals surface area contributed by atoms with Gasteiger partial charge in [-0.15, -0.1) is 10.2 Å². The Morgan fingerprint density at radius 3 is 2.65 bits per heavy atom. The Balaban J connectivity index is 1.60. The van der Waals surface area contributed by atoms with Gasteiger partial charge >= 0.3 is 0 Å². The Morgan fingerprint density at radius 2 is 1.91 bits per heavy atom. The smallest absolute Gasteiger partial charge is 0.276 e. The molecule has 23 heavy (non-hydrogen) atoms. The SMILES string of the molecule is COc1ccc(CSc2nnc(Cc3ccccc3)o2)cc1Br. The van der Waals surface area contributed by atoms with Crippen LogP contribution < -0.4 is 4.74 Å². The Labute approximate surface area is 147 Å². The van der Waals surface area contributed by atoms with Crippen LogP contribution in [-0.4, -0.2) is 17.3 Å². The number of benzene rings is 2. The number of methoxy groups -OCH3 is 1. The van der Waals surface area contributed by atoms with Crippen molar-refractivity contribution in [2.45, 2.75) is 17.4 Å². The summed E-state index contributed by atoms with van der Waals surface area (Å²) in [6.45, 7) is 0. The van der Waals surface area contributed by atoms with Crippen LogP contribution in [0.3, 0.4) is 0 Å². The molecule has 0 spiro atoms. The molecular weight excluding hydrogens is 376 g/mol. The summed E-state index contributed by atoms with van der Waals surface area (Å²) in [5.74, 6) is 2.21. The Kier molecular flexibility index (Phi) is 5.35. The van der Waals surface area contributed by atoms with Crippen molar-refractivity contribution in [2.75, 3.05) is 7.11 Å². The van der Waals surface area contributed by atoms with Crippen LogP contribution in [0.1, 0.15) is 17.0 Å². The molecule has 0 amide bonds. The molecule has 1 heterocycles. The molecule has 0 aliphatic rings. The molecule has 0 fully saturated rings. The largest absolute Gasteiger partial charge is 0.496 e. The van der Waals surface area contributed by atoms with E-state index in [2.05, 4.69) is 26.1 Å². The number of aromatic nitrogens is 2. The second-order valence-electron chi connectivity index (χ2n) is 4.88. The van der Waals surface area contributed by atoms with E-state index >= 15 is 0 Å². The standard InChI is InChI=1S/C17H15BrN2O2S/c1-21-15-8-7-13(9-14(15)18)11-23-17-20-19-16(22-17)10-12-5-3-2-4-6-12/h2-9H,10-11H2,1H3. The van der Waals surface area contributed by atoms with Crippen LogP contribution in [0.15, 0.2) is 62.6 Å². The molecule has 0 aliphatic heterocycles. The van der Waals surface area contributed by atoms with E-state index in [1.54, 1.807) is 7.11 Å². The molecule has 0 radical (unpaired) electrons. The van der Waals surface area contributed by atoms with E-state index in [1.807, 2.05) is 48.5 Å². The van der Waals surface area contributed by atoms with Crippen LogP contribution in [0.4, 0.5) is 0 Å². The predicted octanol–water partition coefficient (Wildman–Crippen LogP) is 4.72. The topological polar surface area (TPSA) is 48.2 Å². The number of rotatable bonds is 6. The minimum absolute atomic E-state index is 0.586. The minimum Gasteiger partial charge on any atom is -0.496 e. The fourth-order valence-corrected chi connectivity index (χ4v) is 3.39. The summed E-state index contributed by atoms with van der Waals surface area (Å²) in [5, 5.41) is 8.78. The average molecular weight is 391 g/mol. The molecule has 118 valence electrons. The van der Waals surface area contributed by atoms with E-state index in [1.165, 1.54) is 11.8 Å². The molecule has 0 saturated carbocycles. The number of hydrogen-bond donors (Lipinski definition) is 0. The molecule has 0 N–H and O–H groups in total. The van der Waals surface area contributed by atoms with Gasteiger partial charge in [0.1, 0.15) is 5.75 Å². The molecule has 0 atom stereocenters. The third-order valence-corrected chi connectivity index (χ3v) is 4.73. The predicted molar refractivity (Wildman–Crippen MR) is 93.8 cm³/mol. The maximum absolute atomic E-state index is 5.69. The zero-order valence-electron chi connectivity index (χ0n) is 12.5. The maximum atomic E-state index is 5.69. The summed E-state index contributed by atoms with van der Waals surface area (Å²) in [6, 6.07) is 16.1. The molecule has 3 rings (SSSR count). The maximum Gasteiger partial charge on any atom is 0.276 e. The monoisotopic (exact) mass is 390 g/mol. The van der Waals surface area contributed by atoms with Crippen LogP contribution in [0.5, 0.6) is 5.75 Å². The van der Waals surface area contributed by atoms with Crippen molar-refractivity contribution in [1.82, 2.24) is 10.2 Å². The first-order valence-corrected chi connectivity index (χ1v) is 8.84. The molecule has 0 saturated heterocycles. The van der Waals surface area contributed by atoms with Gasteiger partial charge in [-0.3, -0.25) is 0 Å². The van der Waals surface area contributed by atoms with Gasteiger partial charge in [0.25, 0.3) is 5.22 Å². The molecule has 0 bridgehead atoms. The fourth-order valence-electron chi connectivity index (χ4n) is 2.08. The summed E-state index contributed by atoms with van der Waals surface area (Å²) >= 11 is 5.01. The number of nitrogens with zero attached hydrogens (tertiary/aromatic N) is 2. The molecule has 2 aromatic carbocycles. The van der Waals surface area contributed by atoms with Crippen LogP contribution in [-0.2, 0) is 12.2 Å². The van der Waals surface area contributed by atoms with Crippen molar-refractivity contribution in [3.63, 3.8) is 0 Å². The first-order chi connectivity index (χ1) is 11.2. The highest BCUT2D eigenvalue weighted by Gasteiger charge is 2.09. The van der Waals surface area contributed by atoms with Crippen molar-refractivity contribution in [1.29, 1.82) is 0 Å². The van der Waals surface area contributed by atoms with E-state index in [-0.39, 0.29) is 0 Å². The third-order valence-electron chi connectivity index (χ3n) is 3.22. The van der Waals surface area contributed by atoms with Crippen molar-refractivity contribution in [3.05, 3.63) is 70.0 Å². The highest BCUT2D eigenvalue weighted by Crippen LogP contribution is 2.29. The van der Waals surface area contributed by atoms with Gasteiger partial charge in [0, 0.05) is 5.75 Å². The second kappa shape index (κ2) is 7.66. The van der Waals surface area contributed by atoms with Gasteiger partial charge in [0.2, 0.25) is 5.89 Å². The number of ether oxygens (including phenoxy) is 1. The van der Waals surface area contributed by atoms with Crippen molar-refractivity contribution < 1.29 is 9.15 Å². The highest BCUT2D eigenvalue weighted by atomic mass is 79.9. The lowest BCUT2D eigenvalue weighted by Crippen LogP contribution is -1.87. The van der Waals surface area contributed by atoms with Crippen molar-refractivity contribution in [3.8, 4) is 5.75 Å². The first-order valence-electron chi connectivity index (χ1n) is 7.06. The van der Waals surface area contributed by atoms with E-state index < -0.39 is 0 Å². The first kappa shape index (κ1) is 16.1. The zero-order chi connectivity index (χ0) is 16.1. The molecule has 0 unspecified atom stereocenters. The van der Waals surface area contributed by atoms with E-state index in [0.717, 1.165) is 27.1 Å². The van der Waals surface area contributed by atoms with Gasteiger partial charge in [0.05, 0.1) is 18.0 Å². The van der Waals surface area contributed by atoms with Gasteiger partial charge < -0.3 is 9.15 Å². The lowest BCUT2D eigenvalue weighted by Gasteiger charge is -2.05. The van der Waals surface area contributed by atoms with Crippen LogP contribution in [0.2, 0.25) is 0 Å². The van der Waals surface area contributed by atoms with Crippen molar-refractivity contribution >= 4 is 27.7 Å². The molecule has 1 aromatic heterocycles. The Morgan fingerprint density at radius 1 is 1.09 bits per heavy atom. The summed E-state index contributed by atoms with van der Waals surface area (Å²) in [4.78, 5) is 0. The minimum atomic E-state index is 0.586. The van der Waals surface area contributed by atoms with Crippen LogP contribution in [0.25, 0.3) is 0 Å². The van der Waals surface area contributed by atoms with Crippen LogP contribution >= 0.6 is 27.7 Å². The van der Waals surface area contributed by atoms with E-state index in [9.17, 15) is 0 Å². The van der Waals surface area contributed by atoms with Gasteiger partial charge in [-0.05, 0) is 39.2 Å². The molecule has 4 nitrogen and oxygen atoms in total. The summed E-state index contributed by atoms with van der Waals surface area (Å²) < 4.78 is 11.9. The van der Waals surface area contributed by atoms with E-state index in [4.69, 9.17) is 9.15 Å². The average Bonchev–Trinajstić information content (AvgIpc) is 3.01. The Bertz CT molecular complexity index is 777. The second-order valence-corrected chi connectivity index (χ2v) is 6.66. The third kappa shape index (κ3) is 4.36. The van der Waals surface area contributed by atoms with Gasteiger partial charge in [-0.2, -0.15) is 0 Å². The highest BCUT2D eigenvalue weighted by molar-refractivity contribution is 9.10. The lowest BCUT2D eigenvalue weighted by molar-refractivity contribution is 0.412. The van der Waals surface area contributed by atoms with Gasteiger partial charge in [0.15, 0.2) is 0 Å². The summed E-state index contributed by atoms with van der Waals surface area (Å²) in [6.07, 6.45) is 0.655. The van der Waals surface area contributed by atoms with Gasteiger partial charge in [-0.1, -0.05) is 48.2 Å². The normalized spacial score (nSPS) is 10.7. The fraction of sp³-hybridized carbons (Fsp3) is 0.176. The zero-order valence-corrected chi connectivity index (χ0v) is 14.9. The van der Waals surface area contributed by atoms with E-state index in [0.29, 0.717) is 17.5 Å². The number of halogens is 1. The molecule has 0 aliphatic carbocycles. The van der Waals surface area contributed by atoms with Crippen molar-refractivity contribution in [2.24, 2.45) is 0 Å². The molecular formula is C17H15BrN2O2S. The molecule has 3 aromatic rings. The summed E-state index contributed by atoms with van der Waals surface area (Å²) in [7, 11) is 1.65. The number of hydrogen-bond acceptors (Lipinski definition) is 5. The number of thioether (sulfide) groups is 1.